The highest BCUT2D eigenvalue weighted by atomic mass is 16.4. The van der Waals surface area contributed by atoms with Crippen LogP contribution in [-0.2, 0) is 6.54 Å². The van der Waals surface area contributed by atoms with E-state index >= 15 is 0 Å². The quantitative estimate of drug-likeness (QED) is 0.545. The largest absolute Gasteiger partial charge is 0.416 e. The van der Waals surface area contributed by atoms with Crippen molar-refractivity contribution in [2.45, 2.75) is 26.4 Å². The van der Waals surface area contributed by atoms with E-state index < -0.39 is 0 Å². The van der Waals surface area contributed by atoms with Crippen LogP contribution in [0.3, 0.4) is 0 Å². The topological polar surface area (TPSA) is 98.7 Å². The highest BCUT2D eigenvalue weighted by Crippen LogP contribution is 2.26. The normalized spacial score (nSPS) is 11.9. The summed E-state index contributed by atoms with van der Waals surface area (Å²) < 4.78 is 7.50. The smallest absolute Gasteiger partial charge is 0.251 e. The minimum Gasteiger partial charge on any atom is -0.416 e. The maximum atomic E-state index is 12.5. The first-order valence-corrected chi connectivity index (χ1v) is 9.23. The molecule has 4 rings (SSSR count). The molecule has 0 aliphatic rings. The molecule has 0 spiro atoms. The molecule has 0 saturated heterocycles. The summed E-state index contributed by atoms with van der Waals surface area (Å²) >= 11 is 0. The third-order valence-electron chi connectivity index (χ3n) is 4.50. The number of nitrogens with zero attached hydrogens (tertiary/aromatic N) is 5. The summed E-state index contributed by atoms with van der Waals surface area (Å²) in [7, 11) is 0. The van der Waals surface area contributed by atoms with Gasteiger partial charge in [0, 0.05) is 22.7 Å². The molecule has 8 nitrogen and oxygen atoms in total. The molecule has 4 aromatic rings. The van der Waals surface area contributed by atoms with Crippen molar-refractivity contribution in [3.8, 4) is 22.9 Å². The summed E-state index contributed by atoms with van der Waals surface area (Å²) in [5.41, 5.74) is 3.28. The number of hydrogen-bond donors (Lipinski definition) is 1. The van der Waals surface area contributed by atoms with Gasteiger partial charge >= 0.3 is 0 Å². The second-order valence-electron chi connectivity index (χ2n) is 6.80. The van der Waals surface area contributed by atoms with Crippen molar-refractivity contribution in [2.24, 2.45) is 0 Å². The number of aryl methyl sites for hydroxylation is 1. The number of aromatic nitrogens is 5. The van der Waals surface area contributed by atoms with Gasteiger partial charge in [0.2, 0.25) is 11.8 Å². The third-order valence-corrected chi connectivity index (χ3v) is 4.50. The van der Waals surface area contributed by atoms with Gasteiger partial charge in [-0.15, -0.1) is 10.2 Å². The maximum Gasteiger partial charge on any atom is 0.251 e. The Morgan fingerprint density at radius 3 is 2.59 bits per heavy atom. The van der Waals surface area contributed by atoms with Crippen molar-refractivity contribution in [1.29, 1.82) is 0 Å². The Morgan fingerprint density at radius 2 is 1.86 bits per heavy atom. The van der Waals surface area contributed by atoms with Crippen LogP contribution in [0.5, 0.6) is 0 Å². The van der Waals surface area contributed by atoms with Crippen molar-refractivity contribution < 1.29 is 9.21 Å². The number of carbonyl (C=O) groups excluding carboxylic acids is 1. The monoisotopic (exact) mass is 388 g/mol. The van der Waals surface area contributed by atoms with E-state index in [1.54, 1.807) is 35.3 Å². The Bertz CT molecular complexity index is 1100. The van der Waals surface area contributed by atoms with E-state index in [-0.39, 0.29) is 11.9 Å². The van der Waals surface area contributed by atoms with E-state index in [0.29, 0.717) is 23.9 Å². The van der Waals surface area contributed by atoms with Crippen LogP contribution in [0.15, 0.2) is 65.6 Å². The van der Waals surface area contributed by atoms with Gasteiger partial charge < -0.3 is 9.73 Å². The Morgan fingerprint density at radius 1 is 1.10 bits per heavy atom. The number of benzene rings is 2. The van der Waals surface area contributed by atoms with Crippen molar-refractivity contribution in [1.82, 2.24) is 30.3 Å². The zero-order valence-corrected chi connectivity index (χ0v) is 16.1. The molecule has 146 valence electrons. The van der Waals surface area contributed by atoms with Gasteiger partial charge in [-0.25, -0.2) is 4.98 Å². The van der Waals surface area contributed by atoms with E-state index in [1.165, 1.54) is 6.33 Å². The van der Waals surface area contributed by atoms with Crippen LogP contribution in [0.1, 0.15) is 22.8 Å². The second kappa shape index (κ2) is 8.05. The van der Waals surface area contributed by atoms with Gasteiger partial charge in [0.25, 0.3) is 5.91 Å². The highest BCUT2D eigenvalue weighted by Gasteiger charge is 2.14. The molecule has 2 aromatic carbocycles. The molecule has 0 unspecified atom stereocenters. The Labute approximate surface area is 167 Å². The van der Waals surface area contributed by atoms with Crippen LogP contribution in [0, 0.1) is 6.92 Å². The van der Waals surface area contributed by atoms with Gasteiger partial charge in [0.15, 0.2) is 0 Å². The Balaban J connectivity index is 1.44. The molecule has 0 radical (unpaired) electrons. The SMILES string of the molecule is Cc1ccccc1-c1nnc(-c2ccc(C(=O)N[C@@H](C)Cn3cncn3)cc2)o1. The molecule has 0 fully saturated rings. The molecule has 1 amide bonds. The maximum absolute atomic E-state index is 12.5. The van der Waals surface area contributed by atoms with Crippen LogP contribution in [0.2, 0.25) is 0 Å². The van der Waals surface area contributed by atoms with E-state index in [0.717, 1.165) is 16.7 Å². The van der Waals surface area contributed by atoms with Crippen LogP contribution in [-0.4, -0.2) is 36.9 Å². The molecule has 8 heteroatoms. The van der Waals surface area contributed by atoms with Crippen LogP contribution >= 0.6 is 0 Å². The van der Waals surface area contributed by atoms with Crippen LogP contribution in [0.4, 0.5) is 0 Å². The molecule has 1 N–H and O–H groups in total. The lowest BCUT2D eigenvalue weighted by Crippen LogP contribution is -2.35. The van der Waals surface area contributed by atoms with Gasteiger partial charge in [-0.3, -0.25) is 9.48 Å². The fourth-order valence-corrected chi connectivity index (χ4v) is 2.99. The van der Waals surface area contributed by atoms with E-state index in [9.17, 15) is 4.79 Å². The lowest BCUT2D eigenvalue weighted by molar-refractivity contribution is 0.0936. The summed E-state index contributed by atoms with van der Waals surface area (Å²) in [6, 6.07) is 14.8. The van der Waals surface area contributed by atoms with Crippen molar-refractivity contribution in [3.05, 3.63) is 72.3 Å². The minimum absolute atomic E-state index is 0.0866. The van der Waals surface area contributed by atoms with Gasteiger partial charge in [-0.2, -0.15) is 5.10 Å². The van der Waals surface area contributed by atoms with E-state index in [4.69, 9.17) is 4.42 Å². The first-order chi connectivity index (χ1) is 14.1. The van der Waals surface area contributed by atoms with Crippen molar-refractivity contribution >= 4 is 5.91 Å². The van der Waals surface area contributed by atoms with Crippen LogP contribution in [0.25, 0.3) is 22.9 Å². The van der Waals surface area contributed by atoms with Crippen molar-refractivity contribution in [3.63, 3.8) is 0 Å². The van der Waals surface area contributed by atoms with Crippen molar-refractivity contribution in [2.75, 3.05) is 0 Å². The molecule has 0 aliphatic heterocycles. The highest BCUT2D eigenvalue weighted by molar-refractivity contribution is 5.94. The number of amides is 1. The summed E-state index contributed by atoms with van der Waals surface area (Å²) in [5, 5.41) is 15.3. The lowest BCUT2D eigenvalue weighted by atomic mass is 10.1. The fraction of sp³-hybridized carbons (Fsp3) is 0.190. The van der Waals surface area contributed by atoms with Gasteiger partial charge in [-0.1, -0.05) is 18.2 Å². The molecule has 1 atom stereocenters. The average molecular weight is 388 g/mol. The second-order valence-corrected chi connectivity index (χ2v) is 6.80. The molecular weight excluding hydrogens is 368 g/mol. The molecule has 29 heavy (non-hydrogen) atoms. The summed E-state index contributed by atoms with van der Waals surface area (Å²) in [4.78, 5) is 16.3. The Kier molecular flexibility index (Phi) is 5.15. The first kappa shape index (κ1) is 18.5. The zero-order valence-electron chi connectivity index (χ0n) is 16.1. The van der Waals surface area contributed by atoms with Gasteiger partial charge in [0.1, 0.15) is 12.7 Å². The number of hydrogen-bond acceptors (Lipinski definition) is 6. The summed E-state index contributed by atoms with van der Waals surface area (Å²) in [5.74, 6) is 0.729. The fourth-order valence-electron chi connectivity index (χ4n) is 2.99. The summed E-state index contributed by atoms with van der Waals surface area (Å²) in [6.07, 6.45) is 3.09. The molecule has 2 aromatic heterocycles. The zero-order chi connectivity index (χ0) is 20.2. The predicted octanol–water partition coefficient (Wildman–Crippen LogP) is 3.12. The van der Waals surface area contributed by atoms with Crippen LogP contribution < -0.4 is 5.32 Å². The number of carbonyl (C=O) groups is 1. The molecule has 2 heterocycles. The predicted molar refractivity (Wildman–Crippen MR) is 107 cm³/mol. The average Bonchev–Trinajstić information content (AvgIpc) is 3.40. The number of nitrogens with one attached hydrogen (secondary N) is 1. The molecule has 0 saturated carbocycles. The minimum atomic E-state index is -0.157. The third kappa shape index (κ3) is 4.21. The first-order valence-electron chi connectivity index (χ1n) is 9.23. The molecular formula is C21H20N6O2. The Hall–Kier alpha value is -3.81. The van der Waals surface area contributed by atoms with Gasteiger partial charge in [0.05, 0.1) is 6.54 Å². The molecule has 0 aliphatic carbocycles. The summed E-state index contributed by atoms with van der Waals surface area (Å²) in [6.45, 7) is 4.46. The standard InChI is InChI=1S/C21H20N6O2/c1-14-5-3-4-6-18(14)21-26-25-20(29-21)17-9-7-16(8-10-17)19(28)24-15(2)11-27-13-22-12-23-27/h3-10,12-13,15H,11H2,1-2H3,(H,24,28)/t15-/m0/s1. The van der Waals surface area contributed by atoms with Gasteiger partial charge in [-0.05, 0) is 49.7 Å². The van der Waals surface area contributed by atoms with E-state index in [2.05, 4.69) is 25.6 Å². The lowest BCUT2D eigenvalue weighted by Gasteiger charge is -2.13. The molecule has 0 bridgehead atoms. The number of rotatable bonds is 6. The van der Waals surface area contributed by atoms with E-state index in [1.807, 2.05) is 38.1 Å².